The minimum absolute atomic E-state index is 0.143. The van der Waals surface area contributed by atoms with Crippen LogP contribution in [0.5, 0.6) is 23.0 Å². The number of rotatable bonds is 6. The first-order valence-electron chi connectivity index (χ1n) is 8.66. The number of phenolic OH excluding ortho intramolecular Hbond substituents is 1. The Morgan fingerprint density at radius 1 is 1.07 bits per heavy atom. The third-order valence-electron chi connectivity index (χ3n) is 4.79. The van der Waals surface area contributed by atoms with E-state index in [0.29, 0.717) is 35.2 Å². The van der Waals surface area contributed by atoms with Gasteiger partial charge in [0.25, 0.3) is 0 Å². The molecule has 7 heteroatoms. The number of ether oxygens (including phenoxy) is 3. The smallest absolute Gasteiger partial charge is 0.203 e. The van der Waals surface area contributed by atoms with Gasteiger partial charge in [-0.2, -0.15) is 0 Å². The quantitative estimate of drug-likeness (QED) is 0.762. The van der Waals surface area contributed by atoms with Crippen molar-refractivity contribution in [2.75, 3.05) is 33.2 Å². The summed E-state index contributed by atoms with van der Waals surface area (Å²) in [5.74, 6) is 1.86. The average molecular weight is 367 g/mol. The summed E-state index contributed by atoms with van der Waals surface area (Å²) in [6.45, 7) is 1.20. The molecular formula is C20H21N3O4. The van der Waals surface area contributed by atoms with Gasteiger partial charge in [-0.1, -0.05) is 0 Å². The summed E-state index contributed by atoms with van der Waals surface area (Å²) in [4.78, 5) is 8.95. The van der Waals surface area contributed by atoms with Gasteiger partial charge in [0.1, 0.15) is 5.69 Å². The highest BCUT2D eigenvalue weighted by Crippen LogP contribution is 2.39. The fourth-order valence-corrected chi connectivity index (χ4v) is 3.47. The number of hydrogen-bond donors (Lipinski definition) is 2. The number of anilines is 1. The molecule has 0 saturated heterocycles. The normalized spacial score (nSPS) is 13.8. The predicted octanol–water partition coefficient (Wildman–Crippen LogP) is 1.92. The van der Waals surface area contributed by atoms with Crippen LogP contribution in [0, 0.1) is 0 Å². The van der Waals surface area contributed by atoms with E-state index in [-0.39, 0.29) is 5.75 Å². The number of nitrogens with zero attached hydrogens (tertiary/aromatic N) is 2. The fraction of sp³-hybridized carbons (Fsp3) is 0.300. The lowest BCUT2D eigenvalue weighted by Gasteiger charge is -2.15. The summed E-state index contributed by atoms with van der Waals surface area (Å²) < 4.78 is 16.1. The van der Waals surface area contributed by atoms with E-state index in [0.717, 1.165) is 34.7 Å². The lowest BCUT2D eigenvalue weighted by molar-refractivity contribution is 0.324. The zero-order chi connectivity index (χ0) is 19.0. The average Bonchev–Trinajstić information content (AvgIpc) is 3.14. The molecule has 0 atom stereocenters. The van der Waals surface area contributed by atoms with Gasteiger partial charge in [-0.05, 0) is 35.8 Å². The van der Waals surface area contributed by atoms with Crippen LogP contribution in [0.2, 0.25) is 0 Å². The van der Waals surface area contributed by atoms with E-state index in [2.05, 4.69) is 15.3 Å². The zero-order valence-corrected chi connectivity index (χ0v) is 15.5. The standard InChI is InChI=1S/C20H21N3O4/c1-25-15-6-11(7-16(26-2)20(15)27-3)9-22-14-8-13-17-12(4-5-21-13)10-23-18(17)19(14)24/h6-8,10,22,24H,4-5,9H2,1-3H3. The SMILES string of the molecule is COc1cc(CNc2cc3c4c(c2O)N=CC=4CCN=3)cc(OC)c1OC. The Labute approximate surface area is 156 Å². The Balaban J connectivity index is 1.67. The van der Waals surface area contributed by atoms with Crippen molar-refractivity contribution in [3.05, 3.63) is 34.3 Å². The van der Waals surface area contributed by atoms with Gasteiger partial charge in [-0.25, -0.2) is 0 Å². The summed E-state index contributed by atoms with van der Waals surface area (Å²) in [6, 6.07) is 5.62. The van der Waals surface area contributed by atoms with E-state index in [1.54, 1.807) is 21.3 Å². The van der Waals surface area contributed by atoms with Gasteiger partial charge in [0.15, 0.2) is 17.2 Å². The monoisotopic (exact) mass is 367 g/mol. The molecule has 0 radical (unpaired) electrons. The molecule has 0 unspecified atom stereocenters. The van der Waals surface area contributed by atoms with Crippen LogP contribution < -0.4 is 30.1 Å². The summed E-state index contributed by atoms with van der Waals surface area (Å²) in [5, 5.41) is 15.7. The second-order valence-corrected chi connectivity index (χ2v) is 6.32. The highest BCUT2D eigenvalue weighted by atomic mass is 16.5. The molecular weight excluding hydrogens is 346 g/mol. The van der Waals surface area contributed by atoms with Gasteiger partial charge in [-0.15, -0.1) is 0 Å². The molecule has 0 aliphatic carbocycles. The second-order valence-electron chi connectivity index (χ2n) is 6.32. The second kappa shape index (κ2) is 6.83. The van der Waals surface area contributed by atoms with Gasteiger partial charge in [0, 0.05) is 24.5 Å². The minimum Gasteiger partial charge on any atom is -0.504 e. The van der Waals surface area contributed by atoms with Gasteiger partial charge in [-0.3, -0.25) is 9.98 Å². The lowest BCUT2D eigenvalue weighted by Crippen LogP contribution is -2.30. The molecule has 7 nitrogen and oxygen atoms in total. The van der Waals surface area contributed by atoms with Crippen LogP contribution in [-0.2, 0) is 6.54 Å². The maximum Gasteiger partial charge on any atom is 0.203 e. The van der Waals surface area contributed by atoms with E-state index in [1.807, 2.05) is 24.4 Å². The van der Waals surface area contributed by atoms with Crippen LogP contribution >= 0.6 is 0 Å². The molecule has 0 fully saturated rings. The number of nitrogens with one attached hydrogen (secondary N) is 1. The van der Waals surface area contributed by atoms with Crippen LogP contribution in [0.1, 0.15) is 12.0 Å². The molecule has 2 aromatic rings. The lowest BCUT2D eigenvalue weighted by atomic mass is 10.1. The van der Waals surface area contributed by atoms with E-state index >= 15 is 0 Å². The van der Waals surface area contributed by atoms with E-state index in [9.17, 15) is 5.11 Å². The van der Waals surface area contributed by atoms with Crippen molar-refractivity contribution >= 4 is 23.2 Å². The Kier molecular flexibility index (Phi) is 4.35. The topological polar surface area (TPSA) is 84.7 Å². The first kappa shape index (κ1) is 17.2. The van der Waals surface area contributed by atoms with Crippen LogP contribution in [0.4, 0.5) is 11.4 Å². The Morgan fingerprint density at radius 3 is 2.48 bits per heavy atom. The fourth-order valence-electron chi connectivity index (χ4n) is 3.47. The molecule has 2 aliphatic rings. The first-order chi connectivity index (χ1) is 13.2. The number of aliphatic imine (C=N–C) groups is 1. The van der Waals surface area contributed by atoms with Gasteiger partial charge >= 0.3 is 0 Å². The predicted molar refractivity (Wildman–Crippen MR) is 103 cm³/mol. The van der Waals surface area contributed by atoms with Crippen molar-refractivity contribution in [1.29, 1.82) is 0 Å². The van der Waals surface area contributed by atoms with Crippen molar-refractivity contribution in [3.63, 3.8) is 0 Å². The summed E-state index contributed by atoms with van der Waals surface area (Å²) in [7, 11) is 4.74. The third-order valence-corrected chi connectivity index (χ3v) is 4.79. The molecule has 2 heterocycles. The minimum atomic E-state index is 0.143. The van der Waals surface area contributed by atoms with Crippen LogP contribution in [0.15, 0.2) is 28.2 Å². The van der Waals surface area contributed by atoms with E-state index in [4.69, 9.17) is 14.2 Å². The maximum atomic E-state index is 10.6. The zero-order valence-electron chi connectivity index (χ0n) is 15.5. The Morgan fingerprint density at radius 2 is 1.81 bits per heavy atom. The highest BCUT2D eigenvalue weighted by molar-refractivity contribution is 6.08. The summed E-state index contributed by atoms with van der Waals surface area (Å²) in [5.41, 5.74) is 3.26. The maximum absolute atomic E-state index is 10.6. The molecule has 27 heavy (non-hydrogen) atoms. The summed E-state index contributed by atoms with van der Waals surface area (Å²) in [6.07, 6.45) is 2.69. The van der Waals surface area contributed by atoms with Crippen LogP contribution in [-0.4, -0.2) is 39.2 Å². The van der Waals surface area contributed by atoms with Crippen molar-refractivity contribution in [1.82, 2.24) is 0 Å². The molecule has 0 spiro atoms. The molecule has 4 rings (SSSR count). The van der Waals surface area contributed by atoms with Gasteiger partial charge in [0.2, 0.25) is 5.75 Å². The van der Waals surface area contributed by atoms with Crippen LogP contribution in [0.25, 0.3) is 5.57 Å². The summed E-state index contributed by atoms with van der Waals surface area (Å²) >= 11 is 0. The molecule has 0 bridgehead atoms. The van der Waals surface area contributed by atoms with Crippen LogP contribution in [0.3, 0.4) is 0 Å². The third kappa shape index (κ3) is 2.85. The molecule has 2 aromatic carbocycles. The van der Waals surface area contributed by atoms with Crippen molar-refractivity contribution < 1.29 is 19.3 Å². The molecule has 2 N–H and O–H groups in total. The molecule has 0 saturated carbocycles. The van der Waals surface area contributed by atoms with Gasteiger partial charge < -0.3 is 24.6 Å². The van der Waals surface area contributed by atoms with E-state index < -0.39 is 0 Å². The molecule has 140 valence electrons. The number of phenols is 1. The first-order valence-corrected chi connectivity index (χ1v) is 8.66. The van der Waals surface area contributed by atoms with Gasteiger partial charge in [0.05, 0.1) is 32.4 Å². The van der Waals surface area contributed by atoms with Crippen molar-refractivity contribution in [3.8, 4) is 23.0 Å². The Hall–Kier alpha value is -3.22. The highest BCUT2D eigenvalue weighted by Gasteiger charge is 2.19. The number of benzene rings is 2. The number of methoxy groups -OCH3 is 3. The number of hydrogen-bond acceptors (Lipinski definition) is 7. The van der Waals surface area contributed by atoms with Crippen molar-refractivity contribution in [2.45, 2.75) is 13.0 Å². The number of aromatic hydroxyl groups is 1. The molecule has 2 aliphatic heterocycles. The molecule has 0 amide bonds. The Bertz CT molecular complexity index is 1030. The van der Waals surface area contributed by atoms with E-state index in [1.165, 1.54) is 0 Å². The molecule has 0 aromatic heterocycles. The van der Waals surface area contributed by atoms with Crippen molar-refractivity contribution in [2.24, 2.45) is 9.98 Å². The largest absolute Gasteiger partial charge is 0.504 e.